The standard InChI is InChI=1S/C16H15N3O4/c1-10-8-14(22-17-10)12-4-2-6-19(12)16(20)11-9-15(23-18-11)13-5-3-7-21-13/h3,5,7-9,12H,2,4,6H2,1H3. The number of amides is 1. The van der Waals surface area contributed by atoms with Crippen LogP contribution >= 0.6 is 0 Å². The van der Waals surface area contributed by atoms with Crippen LogP contribution in [0.5, 0.6) is 0 Å². The molecule has 4 rings (SSSR count). The van der Waals surface area contributed by atoms with Gasteiger partial charge in [-0.2, -0.15) is 0 Å². The highest BCUT2D eigenvalue weighted by atomic mass is 16.5. The van der Waals surface area contributed by atoms with E-state index in [1.165, 1.54) is 0 Å². The molecule has 1 saturated heterocycles. The van der Waals surface area contributed by atoms with E-state index in [1.54, 1.807) is 29.4 Å². The van der Waals surface area contributed by atoms with E-state index in [0.717, 1.165) is 18.5 Å². The second kappa shape index (κ2) is 5.42. The number of furan rings is 1. The maximum absolute atomic E-state index is 12.7. The molecule has 23 heavy (non-hydrogen) atoms. The van der Waals surface area contributed by atoms with E-state index in [0.29, 0.717) is 23.8 Å². The van der Waals surface area contributed by atoms with Crippen molar-refractivity contribution in [3.63, 3.8) is 0 Å². The third-order valence-electron chi connectivity index (χ3n) is 3.98. The molecule has 0 radical (unpaired) electrons. The molecule has 1 fully saturated rings. The highest BCUT2D eigenvalue weighted by Gasteiger charge is 2.34. The van der Waals surface area contributed by atoms with Gasteiger partial charge in [-0.15, -0.1) is 0 Å². The Labute approximate surface area is 131 Å². The van der Waals surface area contributed by atoms with Gasteiger partial charge in [0.05, 0.1) is 18.0 Å². The summed E-state index contributed by atoms with van der Waals surface area (Å²) in [5.74, 6) is 1.51. The first-order chi connectivity index (χ1) is 11.2. The van der Waals surface area contributed by atoms with Crippen molar-refractivity contribution in [1.29, 1.82) is 0 Å². The summed E-state index contributed by atoms with van der Waals surface area (Å²) in [7, 11) is 0. The highest BCUT2D eigenvalue weighted by molar-refractivity contribution is 5.93. The fourth-order valence-electron chi connectivity index (χ4n) is 2.90. The van der Waals surface area contributed by atoms with Crippen molar-refractivity contribution in [2.45, 2.75) is 25.8 Å². The van der Waals surface area contributed by atoms with Crippen LogP contribution < -0.4 is 0 Å². The van der Waals surface area contributed by atoms with Gasteiger partial charge >= 0.3 is 0 Å². The highest BCUT2D eigenvalue weighted by Crippen LogP contribution is 2.33. The molecule has 1 aliphatic heterocycles. The monoisotopic (exact) mass is 313 g/mol. The summed E-state index contributed by atoms with van der Waals surface area (Å²) >= 11 is 0. The lowest BCUT2D eigenvalue weighted by Gasteiger charge is -2.21. The van der Waals surface area contributed by atoms with Crippen LogP contribution in [-0.4, -0.2) is 27.7 Å². The van der Waals surface area contributed by atoms with Crippen molar-refractivity contribution in [2.24, 2.45) is 0 Å². The number of hydrogen-bond donors (Lipinski definition) is 0. The zero-order valence-corrected chi connectivity index (χ0v) is 12.6. The molecule has 7 nitrogen and oxygen atoms in total. The summed E-state index contributed by atoms with van der Waals surface area (Å²) in [6, 6.07) is 6.87. The Morgan fingerprint density at radius 2 is 2.17 bits per heavy atom. The van der Waals surface area contributed by atoms with Crippen LogP contribution in [-0.2, 0) is 0 Å². The van der Waals surface area contributed by atoms with E-state index in [2.05, 4.69) is 10.3 Å². The molecule has 3 aromatic heterocycles. The molecule has 0 spiro atoms. The molecule has 0 aromatic carbocycles. The third-order valence-corrected chi connectivity index (χ3v) is 3.98. The maximum Gasteiger partial charge on any atom is 0.276 e. The Kier molecular flexibility index (Phi) is 3.25. The van der Waals surface area contributed by atoms with E-state index in [1.807, 2.05) is 13.0 Å². The van der Waals surface area contributed by atoms with Crippen LogP contribution in [0, 0.1) is 6.92 Å². The molecule has 118 valence electrons. The molecule has 1 aliphatic rings. The van der Waals surface area contributed by atoms with Crippen molar-refractivity contribution in [3.8, 4) is 11.5 Å². The number of hydrogen-bond acceptors (Lipinski definition) is 6. The summed E-state index contributed by atoms with van der Waals surface area (Å²) in [4.78, 5) is 14.5. The number of likely N-dealkylation sites (tertiary alicyclic amines) is 1. The van der Waals surface area contributed by atoms with E-state index < -0.39 is 0 Å². The Morgan fingerprint density at radius 1 is 1.26 bits per heavy atom. The van der Waals surface area contributed by atoms with E-state index >= 15 is 0 Å². The number of aryl methyl sites for hydroxylation is 1. The molecule has 3 aromatic rings. The zero-order valence-electron chi connectivity index (χ0n) is 12.6. The molecule has 0 bridgehead atoms. The van der Waals surface area contributed by atoms with Crippen molar-refractivity contribution >= 4 is 5.91 Å². The SMILES string of the molecule is Cc1cc(C2CCCN2C(=O)c2cc(-c3ccco3)on2)on1. The lowest BCUT2D eigenvalue weighted by Crippen LogP contribution is -2.30. The van der Waals surface area contributed by atoms with Gasteiger partial charge in [0.2, 0.25) is 5.76 Å². The van der Waals surface area contributed by atoms with E-state index in [9.17, 15) is 4.79 Å². The van der Waals surface area contributed by atoms with Gasteiger partial charge in [0.25, 0.3) is 5.91 Å². The van der Waals surface area contributed by atoms with Gasteiger partial charge in [-0.1, -0.05) is 10.3 Å². The molecular formula is C16H15N3O4. The molecular weight excluding hydrogens is 298 g/mol. The fraction of sp³-hybridized carbons (Fsp3) is 0.312. The van der Waals surface area contributed by atoms with Crippen LogP contribution in [0.3, 0.4) is 0 Å². The smallest absolute Gasteiger partial charge is 0.276 e. The van der Waals surface area contributed by atoms with Crippen molar-refractivity contribution in [1.82, 2.24) is 15.2 Å². The largest absolute Gasteiger partial charge is 0.461 e. The summed E-state index contributed by atoms with van der Waals surface area (Å²) in [5.41, 5.74) is 1.07. The van der Waals surface area contributed by atoms with Crippen molar-refractivity contribution in [3.05, 3.63) is 47.7 Å². The summed E-state index contributed by atoms with van der Waals surface area (Å²) in [6.45, 7) is 2.52. The van der Waals surface area contributed by atoms with Gasteiger partial charge in [-0.3, -0.25) is 4.79 Å². The number of aromatic nitrogens is 2. The minimum Gasteiger partial charge on any atom is -0.461 e. The van der Waals surface area contributed by atoms with E-state index in [-0.39, 0.29) is 17.6 Å². The molecule has 1 atom stereocenters. The third kappa shape index (κ3) is 2.44. The second-order valence-electron chi connectivity index (χ2n) is 5.58. The molecule has 7 heteroatoms. The average molecular weight is 313 g/mol. The molecule has 0 aliphatic carbocycles. The quantitative estimate of drug-likeness (QED) is 0.738. The zero-order chi connectivity index (χ0) is 15.8. The normalized spacial score (nSPS) is 17.8. The predicted octanol–water partition coefficient (Wildman–Crippen LogP) is 3.21. The minimum absolute atomic E-state index is 0.104. The van der Waals surface area contributed by atoms with Crippen LogP contribution in [0.15, 0.2) is 44.0 Å². The lowest BCUT2D eigenvalue weighted by atomic mass is 10.1. The Bertz CT molecular complexity index is 818. The van der Waals surface area contributed by atoms with Crippen LogP contribution in [0.25, 0.3) is 11.5 Å². The average Bonchev–Trinajstić information content (AvgIpc) is 3.31. The summed E-state index contributed by atoms with van der Waals surface area (Å²) in [6.07, 6.45) is 3.31. The maximum atomic E-state index is 12.7. The van der Waals surface area contributed by atoms with Gasteiger partial charge in [0.15, 0.2) is 17.2 Å². The van der Waals surface area contributed by atoms with E-state index in [4.69, 9.17) is 13.5 Å². The Balaban J connectivity index is 1.58. The summed E-state index contributed by atoms with van der Waals surface area (Å²) in [5, 5.41) is 7.78. The lowest BCUT2D eigenvalue weighted by molar-refractivity contribution is 0.0704. The summed E-state index contributed by atoms with van der Waals surface area (Å²) < 4.78 is 15.8. The molecule has 1 unspecified atom stereocenters. The van der Waals surface area contributed by atoms with Crippen molar-refractivity contribution in [2.75, 3.05) is 6.54 Å². The predicted molar refractivity (Wildman–Crippen MR) is 78.5 cm³/mol. The van der Waals surface area contributed by atoms with Crippen LogP contribution in [0.4, 0.5) is 0 Å². The van der Waals surface area contributed by atoms with Crippen molar-refractivity contribution < 1.29 is 18.3 Å². The van der Waals surface area contributed by atoms with Crippen LogP contribution in [0.2, 0.25) is 0 Å². The number of carbonyl (C=O) groups excluding carboxylic acids is 1. The van der Waals surface area contributed by atoms with Gasteiger partial charge < -0.3 is 18.4 Å². The topological polar surface area (TPSA) is 85.5 Å². The molecule has 0 N–H and O–H groups in total. The minimum atomic E-state index is -0.178. The van der Waals surface area contributed by atoms with Crippen LogP contribution in [0.1, 0.15) is 40.8 Å². The second-order valence-corrected chi connectivity index (χ2v) is 5.58. The van der Waals surface area contributed by atoms with Gasteiger partial charge in [0, 0.05) is 18.7 Å². The van der Waals surface area contributed by atoms with Gasteiger partial charge in [-0.05, 0) is 31.9 Å². The Hall–Kier alpha value is -2.83. The Morgan fingerprint density at radius 3 is 2.91 bits per heavy atom. The number of rotatable bonds is 3. The first-order valence-electron chi connectivity index (χ1n) is 7.47. The molecule has 1 amide bonds. The number of nitrogens with zero attached hydrogens (tertiary/aromatic N) is 3. The van der Waals surface area contributed by atoms with Gasteiger partial charge in [0.1, 0.15) is 0 Å². The number of carbonyl (C=O) groups is 1. The molecule has 4 heterocycles. The fourth-order valence-corrected chi connectivity index (χ4v) is 2.90. The van der Waals surface area contributed by atoms with Gasteiger partial charge in [-0.25, -0.2) is 0 Å². The molecule has 0 saturated carbocycles. The first-order valence-corrected chi connectivity index (χ1v) is 7.47. The first kappa shape index (κ1) is 13.8.